The second-order valence-corrected chi connectivity index (χ2v) is 6.01. The smallest absolute Gasteiger partial charge is 0.251 e. The van der Waals surface area contributed by atoms with Crippen LogP contribution in [-0.4, -0.2) is 59.0 Å². The number of benzene rings is 1. The first-order chi connectivity index (χ1) is 10.9. The molecule has 1 aliphatic rings. The van der Waals surface area contributed by atoms with Crippen LogP contribution in [0.3, 0.4) is 0 Å². The molecule has 2 rings (SSSR count). The van der Waals surface area contributed by atoms with E-state index in [1.54, 1.807) is 28.0 Å². The summed E-state index contributed by atoms with van der Waals surface area (Å²) < 4.78 is 13.8. The number of hydrogen-bond donors (Lipinski definition) is 1. The highest BCUT2D eigenvalue weighted by molar-refractivity contribution is 5.81. The van der Waals surface area contributed by atoms with Crippen molar-refractivity contribution in [2.45, 2.75) is 32.3 Å². The van der Waals surface area contributed by atoms with E-state index in [0.29, 0.717) is 31.7 Å². The molecule has 0 spiro atoms. The van der Waals surface area contributed by atoms with Crippen molar-refractivity contribution < 1.29 is 19.1 Å². The van der Waals surface area contributed by atoms with Crippen LogP contribution in [0.4, 0.5) is 4.39 Å². The van der Waals surface area contributed by atoms with Gasteiger partial charge in [0.25, 0.3) is 5.91 Å². The lowest BCUT2D eigenvalue weighted by atomic mass is 9.96. The van der Waals surface area contributed by atoms with E-state index in [-0.39, 0.29) is 30.0 Å². The lowest BCUT2D eigenvalue weighted by Gasteiger charge is -2.35. The van der Waals surface area contributed by atoms with Gasteiger partial charge in [-0.3, -0.25) is 9.59 Å². The second kappa shape index (κ2) is 7.55. The standard InChI is InChI=1S/C17H23FN2O3/c1-12(14-5-3-4-6-15(14)18)11-16(22)19-7-9-20(10-8-19)17(23)13(2)21/h3-6,12-13,21H,7-11H2,1-2H3. The van der Waals surface area contributed by atoms with Crippen molar-refractivity contribution in [3.05, 3.63) is 35.6 Å². The van der Waals surface area contributed by atoms with Gasteiger partial charge in [0, 0.05) is 32.6 Å². The minimum atomic E-state index is -1.02. The molecule has 2 unspecified atom stereocenters. The van der Waals surface area contributed by atoms with Crippen molar-refractivity contribution in [2.24, 2.45) is 0 Å². The van der Waals surface area contributed by atoms with Gasteiger partial charge in [-0.1, -0.05) is 25.1 Å². The van der Waals surface area contributed by atoms with Crippen LogP contribution in [0.5, 0.6) is 0 Å². The van der Waals surface area contributed by atoms with Crippen molar-refractivity contribution in [1.29, 1.82) is 0 Å². The maximum Gasteiger partial charge on any atom is 0.251 e. The molecule has 2 amide bonds. The van der Waals surface area contributed by atoms with Crippen molar-refractivity contribution in [2.75, 3.05) is 26.2 Å². The van der Waals surface area contributed by atoms with Gasteiger partial charge in [0.2, 0.25) is 5.91 Å². The van der Waals surface area contributed by atoms with Gasteiger partial charge in [0.15, 0.2) is 0 Å². The van der Waals surface area contributed by atoms with E-state index in [2.05, 4.69) is 0 Å². The van der Waals surface area contributed by atoms with E-state index < -0.39 is 6.10 Å². The zero-order valence-corrected chi connectivity index (χ0v) is 13.5. The molecule has 0 aliphatic carbocycles. The first-order valence-corrected chi connectivity index (χ1v) is 7.89. The van der Waals surface area contributed by atoms with E-state index in [1.165, 1.54) is 13.0 Å². The number of halogens is 1. The highest BCUT2D eigenvalue weighted by atomic mass is 19.1. The molecule has 6 heteroatoms. The van der Waals surface area contributed by atoms with Crippen molar-refractivity contribution in [1.82, 2.24) is 9.80 Å². The fourth-order valence-electron chi connectivity index (χ4n) is 2.82. The summed E-state index contributed by atoms with van der Waals surface area (Å²) in [6.45, 7) is 5.01. The lowest BCUT2D eigenvalue weighted by molar-refractivity contribution is -0.144. The van der Waals surface area contributed by atoms with Gasteiger partial charge in [-0.25, -0.2) is 4.39 Å². The third-order valence-electron chi connectivity index (χ3n) is 4.22. The Kier molecular flexibility index (Phi) is 5.71. The molecule has 5 nitrogen and oxygen atoms in total. The second-order valence-electron chi connectivity index (χ2n) is 6.01. The van der Waals surface area contributed by atoms with Crippen LogP contribution in [0.2, 0.25) is 0 Å². The molecule has 1 aliphatic heterocycles. The Labute approximate surface area is 135 Å². The maximum atomic E-state index is 13.8. The van der Waals surface area contributed by atoms with E-state index in [4.69, 9.17) is 0 Å². The summed E-state index contributed by atoms with van der Waals surface area (Å²) in [6, 6.07) is 6.49. The number of carbonyl (C=O) groups excluding carboxylic acids is 2. The SMILES string of the molecule is CC(O)C(=O)N1CCN(C(=O)CC(C)c2ccccc2F)CC1. The molecule has 0 radical (unpaired) electrons. The van der Waals surface area contributed by atoms with E-state index in [9.17, 15) is 19.1 Å². The molecule has 1 fully saturated rings. The number of aliphatic hydroxyl groups excluding tert-OH is 1. The largest absolute Gasteiger partial charge is 0.384 e. The van der Waals surface area contributed by atoms with Gasteiger partial charge in [-0.05, 0) is 24.5 Å². The molecule has 1 heterocycles. The van der Waals surface area contributed by atoms with Crippen molar-refractivity contribution >= 4 is 11.8 Å². The summed E-state index contributed by atoms with van der Waals surface area (Å²) in [5, 5.41) is 9.31. The van der Waals surface area contributed by atoms with E-state index in [0.717, 1.165) is 0 Å². The van der Waals surface area contributed by atoms with E-state index >= 15 is 0 Å². The number of nitrogens with zero attached hydrogens (tertiary/aromatic N) is 2. The molecule has 0 aromatic heterocycles. The Balaban J connectivity index is 1.88. The Hall–Kier alpha value is -1.95. The maximum absolute atomic E-state index is 13.8. The van der Waals surface area contributed by atoms with Gasteiger partial charge >= 0.3 is 0 Å². The van der Waals surface area contributed by atoms with Crippen LogP contribution in [-0.2, 0) is 9.59 Å². The topological polar surface area (TPSA) is 60.9 Å². The fourth-order valence-corrected chi connectivity index (χ4v) is 2.82. The highest BCUT2D eigenvalue weighted by Gasteiger charge is 2.27. The van der Waals surface area contributed by atoms with Gasteiger partial charge < -0.3 is 14.9 Å². The minimum Gasteiger partial charge on any atom is -0.384 e. The average molecular weight is 322 g/mol. The Morgan fingerprint density at radius 2 is 1.70 bits per heavy atom. The first kappa shape index (κ1) is 17.4. The molecule has 1 aromatic carbocycles. The molecule has 23 heavy (non-hydrogen) atoms. The van der Waals surface area contributed by atoms with E-state index in [1.807, 2.05) is 6.92 Å². The molecule has 2 atom stereocenters. The molecule has 1 aromatic rings. The molecule has 1 N–H and O–H groups in total. The normalized spacial score (nSPS) is 17.7. The summed E-state index contributed by atoms with van der Waals surface area (Å²) in [6.07, 6.45) is -0.774. The molecule has 0 bridgehead atoms. The molecular weight excluding hydrogens is 299 g/mol. The summed E-state index contributed by atoms with van der Waals surface area (Å²) in [5.74, 6) is -0.831. The summed E-state index contributed by atoms with van der Waals surface area (Å²) in [5.41, 5.74) is 0.545. The van der Waals surface area contributed by atoms with Gasteiger partial charge in [-0.2, -0.15) is 0 Å². The highest BCUT2D eigenvalue weighted by Crippen LogP contribution is 2.23. The van der Waals surface area contributed by atoms with Crippen LogP contribution in [0.15, 0.2) is 24.3 Å². The van der Waals surface area contributed by atoms with Crippen LogP contribution < -0.4 is 0 Å². The van der Waals surface area contributed by atoms with Gasteiger partial charge in [0.1, 0.15) is 11.9 Å². The third kappa shape index (κ3) is 4.28. The number of aliphatic hydroxyl groups is 1. The van der Waals surface area contributed by atoms with Crippen LogP contribution in [0.1, 0.15) is 31.7 Å². The molecule has 0 saturated carbocycles. The zero-order chi connectivity index (χ0) is 17.0. The Bertz CT molecular complexity index is 569. The number of rotatable bonds is 4. The summed E-state index contributed by atoms with van der Waals surface area (Å²) in [7, 11) is 0. The zero-order valence-electron chi connectivity index (χ0n) is 13.5. The monoisotopic (exact) mass is 322 g/mol. The summed E-state index contributed by atoms with van der Waals surface area (Å²) in [4.78, 5) is 27.3. The van der Waals surface area contributed by atoms with Gasteiger partial charge in [0.05, 0.1) is 0 Å². The minimum absolute atomic E-state index is 0.0371. The Morgan fingerprint density at radius 3 is 2.26 bits per heavy atom. The first-order valence-electron chi connectivity index (χ1n) is 7.89. The number of amides is 2. The van der Waals surface area contributed by atoms with Crippen molar-refractivity contribution in [3.8, 4) is 0 Å². The van der Waals surface area contributed by atoms with Crippen LogP contribution in [0.25, 0.3) is 0 Å². The predicted octanol–water partition coefficient (Wildman–Crippen LogP) is 1.37. The third-order valence-corrected chi connectivity index (χ3v) is 4.22. The molecule has 1 saturated heterocycles. The Morgan fingerprint density at radius 1 is 1.13 bits per heavy atom. The quantitative estimate of drug-likeness (QED) is 0.911. The molecule has 126 valence electrons. The summed E-state index contributed by atoms with van der Waals surface area (Å²) >= 11 is 0. The molecular formula is C17H23FN2O3. The number of piperazine rings is 1. The van der Waals surface area contributed by atoms with Gasteiger partial charge in [-0.15, -0.1) is 0 Å². The average Bonchev–Trinajstić information content (AvgIpc) is 2.54. The fraction of sp³-hybridized carbons (Fsp3) is 0.529. The van der Waals surface area contributed by atoms with Crippen LogP contribution in [0, 0.1) is 5.82 Å². The lowest BCUT2D eigenvalue weighted by Crippen LogP contribution is -2.52. The van der Waals surface area contributed by atoms with Crippen LogP contribution >= 0.6 is 0 Å². The predicted molar refractivity (Wildman–Crippen MR) is 84.3 cm³/mol. The van der Waals surface area contributed by atoms with Crippen molar-refractivity contribution in [3.63, 3.8) is 0 Å². The number of hydrogen-bond acceptors (Lipinski definition) is 3. The number of carbonyl (C=O) groups is 2.